The van der Waals surface area contributed by atoms with Crippen LogP contribution in [0.5, 0.6) is 0 Å². The van der Waals surface area contributed by atoms with Crippen LogP contribution in [0.2, 0.25) is 0 Å². The standard InChI is InChI=1S/C21H20N6OS/c28-21(15-5-6-17-18(13-15)26-29-25-17)23-11-12-27-19-4-2-1-3-16(19)20(24-27)14-7-9-22-10-8-14/h5-10,13H,1-4,11-12H2,(H,23,28). The van der Waals surface area contributed by atoms with Crippen molar-refractivity contribution in [1.29, 1.82) is 0 Å². The maximum atomic E-state index is 12.5. The maximum Gasteiger partial charge on any atom is 0.251 e. The Morgan fingerprint density at radius 2 is 1.90 bits per heavy atom. The molecule has 0 fully saturated rings. The van der Waals surface area contributed by atoms with E-state index in [-0.39, 0.29) is 5.91 Å². The lowest BCUT2D eigenvalue weighted by molar-refractivity contribution is 0.0952. The lowest BCUT2D eigenvalue weighted by atomic mass is 9.94. The van der Waals surface area contributed by atoms with Gasteiger partial charge in [0.1, 0.15) is 11.0 Å². The number of aromatic nitrogens is 5. The molecule has 0 aliphatic heterocycles. The fraction of sp³-hybridized carbons (Fsp3) is 0.286. The maximum absolute atomic E-state index is 12.5. The third-order valence-electron chi connectivity index (χ3n) is 5.34. The molecule has 5 rings (SSSR count). The van der Waals surface area contributed by atoms with E-state index in [1.165, 1.54) is 24.1 Å². The van der Waals surface area contributed by atoms with Crippen molar-refractivity contribution in [3.63, 3.8) is 0 Å². The summed E-state index contributed by atoms with van der Waals surface area (Å²) >= 11 is 1.15. The highest BCUT2D eigenvalue weighted by atomic mass is 32.1. The van der Waals surface area contributed by atoms with Crippen LogP contribution in [0.4, 0.5) is 0 Å². The van der Waals surface area contributed by atoms with Crippen molar-refractivity contribution in [3.8, 4) is 11.3 Å². The molecule has 1 amide bonds. The smallest absolute Gasteiger partial charge is 0.251 e. The van der Waals surface area contributed by atoms with Gasteiger partial charge in [-0.1, -0.05) is 0 Å². The molecular weight excluding hydrogens is 384 g/mol. The summed E-state index contributed by atoms with van der Waals surface area (Å²) < 4.78 is 10.4. The van der Waals surface area contributed by atoms with E-state index in [1.54, 1.807) is 24.5 Å². The molecular formula is C21H20N6OS. The minimum absolute atomic E-state index is 0.102. The number of hydrogen-bond acceptors (Lipinski definition) is 6. The van der Waals surface area contributed by atoms with Crippen molar-refractivity contribution in [2.75, 3.05) is 6.54 Å². The average Bonchev–Trinajstić information content (AvgIpc) is 3.39. The van der Waals surface area contributed by atoms with Gasteiger partial charge in [-0.05, 0) is 56.0 Å². The van der Waals surface area contributed by atoms with Gasteiger partial charge in [-0.25, -0.2) is 0 Å². The van der Waals surface area contributed by atoms with Crippen molar-refractivity contribution in [3.05, 3.63) is 59.5 Å². The number of amides is 1. The van der Waals surface area contributed by atoms with Crippen molar-refractivity contribution >= 4 is 28.7 Å². The van der Waals surface area contributed by atoms with Gasteiger partial charge < -0.3 is 5.32 Å². The van der Waals surface area contributed by atoms with Gasteiger partial charge in [0.15, 0.2) is 0 Å². The summed E-state index contributed by atoms with van der Waals surface area (Å²) in [6.45, 7) is 1.18. The van der Waals surface area contributed by atoms with E-state index >= 15 is 0 Å². The van der Waals surface area contributed by atoms with Crippen LogP contribution in [0.25, 0.3) is 22.3 Å². The van der Waals surface area contributed by atoms with Gasteiger partial charge in [-0.3, -0.25) is 14.5 Å². The molecule has 1 N–H and O–H groups in total. The van der Waals surface area contributed by atoms with E-state index in [0.29, 0.717) is 18.7 Å². The summed E-state index contributed by atoms with van der Waals surface area (Å²) in [5, 5.41) is 7.89. The van der Waals surface area contributed by atoms with E-state index < -0.39 is 0 Å². The Morgan fingerprint density at radius 1 is 1.07 bits per heavy atom. The van der Waals surface area contributed by atoms with Gasteiger partial charge in [0.05, 0.1) is 24.0 Å². The Labute approximate surface area is 172 Å². The molecule has 0 atom stereocenters. The summed E-state index contributed by atoms with van der Waals surface area (Å²) in [4.78, 5) is 16.6. The molecule has 0 unspecified atom stereocenters. The second-order valence-electron chi connectivity index (χ2n) is 7.16. The van der Waals surface area contributed by atoms with Gasteiger partial charge in [0.25, 0.3) is 5.91 Å². The number of hydrogen-bond donors (Lipinski definition) is 1. The molecule has 4 aromatic rings. The Bertz CT molecular complexity index is 1170. The average molecular weight is 404 g/mol. The minimum Gasteiger partial charge on any atom is -0.350 e. The third-order valence-corrected chi connectivity index (χ3v) is 5.89. The molecule has 0 radical (unpaired) electrons. The summed E-state index contributed by atoms with van der Waals surface area (Å²) in [6, 6.07) is 9.42. The highest BCUT2D eigenvalue weighted by Crippen LogP contribution is 2.30. The molecule has 1 aromatic carbocycles. The Morgan fingerprint density at radius 3 is 2.79 bits per heavy atom. The Balaban J connectivity index is 1.31. The highest BCUT2D eigenvalue weighted by Gasteiger charge is 2.21. The number of rotatable bonds is 5. The molecule has 1 aliphatic carbocycles. The van der Waals surface area contributed by atoms with Crippen LogP contribution in [0.15, 0.2) is 42.7 Å². The number of nitrogens with one attached hydrogen (secondary N) is 1. The summed E-state index contributed by atoms with van der Waals surface area (Å²) in [5.74, 6) is -0.102. The van der Waals surface area contributed by atoms with Gasteiger partial charge in [-0.2, -0.15) is 13.8 Å². The van der Waals surface area contributed by atoms with Crippen molar-refractivity contribution in [1.82, 2.24) is 28.8 Å². The molecule has 3 aromatic heterocycles. The minimum atomic E-state index is -0.102. The van der Waals surface area contributed by atoms with Gasteiger partial charge in [-0.15, -0.1) is 0 Å². The molecule has 0 saturated heterocycles. The summed E-state index contributed by atoms with van der Waals surface area (Å²) in [5.41, 5.74) is 6.97. The number of nitrogens with zero attached hydrogens (tertiary/aromatic N) is 5. The molecule has 0 bridgehead atoms. The highest BCUT2D eigenvalue weighted by molar-refractivity contribution is 7.00. The molecule has 1 aliphatic rings. The van der Waals surface area contributed by atoms with Gasteiger partial charge in [0.2, 0.25) is 0 Å². The fourth-order valence-corrected chi connectivity index (χ4v) is 4.42. The summed E-state index contributed by atoms with van der Waals surface area (Å²) in [7, 11) is 0. The zero-order chi connectivity index (χ0) is 19.6. The molecule has 0 spiro atoms. The largest absolute Gasteiger partial charge is 0.350 e. The predicted octanol–water partition coefficient (Wildman–Crippen LogP) is 3.26. The lowest BCUT2D eigenvalue weighted by Crippen LogP contribution is -2.28. The monoisotopic (exact) mass is 404 g/mol. The quantitative estimate of drug-likeness (QED) is 0.552. The van der Waals surface area contributed by atoms with Gasteiger partial charge >= 0.3 is 0 Å². The SMILES string of the molecule is O=C(NCCn1nc(-c2ccncc2)c2c1CCCC2)c1ccc2nsnc2c1. The van der Waals surface area contributed by atoms with Crippen molar-refractivity contribution < 1.29 is 4.79 Å². The van der Waals surface area contributed by atoms with Crippen LogP contribution >= 0.6 is 11.7 Å². The molecule has 8 heteroatoms. The molecule has 146 valence electrons. The van der Waals surface area contributed by atoms with Crippen LogP contribution in [0.3, 0.4) is 0 Å². The van der Waals surface area contributed by atoms with Crippen LogP contribution < -0.4 is 5.32 Å². The second-order valence-corrected chi connectivity index (χ2v) is 7.69. The van der Waals surface area contributed by atoms with E-state index in [0.717, 1.165) is 46.9 Å². The first-order valence-corrected chi connectivity index (χ1v) is 10.5. The molecule has 3 heterocycles. The first-order chi connectivity index (χ1) is 14.3. The number of carbonyl (C=O) groups is 1. The van der Waals surface area contributed by atoms with E-state index in [4.69, 9.17) is 5.10 Å². The number of benzene rings is 1. The van der Waals surface area contributed by atoms with E-state index in [2.05, 4.69) is 23.7 Å². The Hall–Kier alpha value is -3.13. The van der Waals surface area contributed by atoms with Crippen LogP contribution in [-0.2, 0) is 19.4 Å². The predicted molar refractivity (Wildman–Crippen MR) is 112 cm³/mol. The second kappa shape index (κ2) is 7.71. The summed E-state index contributed by atoms with van der Waals surface area (Å²) in [6.07, 6.45) is 8.08. The lowest BCUT2D eigenvalue weighted by Gasteiger charge is -2.14. The van der Waals surface area contributed by atoms with Crippen molar-refractivity contribution in [2.45, 2.75) is 32.2 Å². The van der Waals surface area contributed by atoms with Crippen LogP contribution in [-0.4, -0.2) is 36.0 Å². The number of fused-ring (bicyclic) bond motifs is 2. The van der Waals surface area contributed by atoms with E-state index in [1.807, 2.05) is 18.2 Å². The fourth-order valence-electron chi connectivity index (χ4n) is 3.90. The zero-order valence-corrected chi connectivity index (χ0v) is 16.7. The van der Waals surface area contributed by atoms with Crippen molar-refractivity contribution in [2.24, 2.45) is 0 Å². The first kappa shape index (κ1) is 17.9. The number of pyridine rings is 1. The molecule has 7 nitrogen and oxygen atoms in total. The zero-order valence-electron chi connectivity index (χ0n) is 15.8. The van der Waals surface area contributed by atoms with E-state index in [9.17, 15) is 4.79 Å². The first-order valence-electron chi connectivity index (χ1n) is 9.79. The normalized spacial score (nSPS) is 13.4. The van der Waals surface area contributed by atoms with Crippen LogP contribution in [0.1, 0.15) is 34.5 Å². The van der Waals surface area contributed by atoms with Crippen LogP contribution in [0, 0.1) is 0 Å². The third kappa shape index (κ3) is 3.51. The molecule has 29 heavy (non-hydrogen) atoms. The Kier molecular flexibility index (Phi) is 4.77. The topological polar surface area (TPSA) is 85.6 Å². The number of carbonyl (C=O) groups excluding carboxylic acids is 1. The van der Waals surface area contributed by atoms with Gasteiger partial charge in [0, 0.05) is 41.3 Å². The molecule has 0 saturated carbocycles.